The van der Waals surface area contributed by atoms with E-state index in [2.05, 4.69) is 15.2 Å². The Hall–Kier alpha value is -2.88. The molecule has 2 amide bonds. The summed E-state index contributed by atoms with van der Waals surface area (Å²) in [7, 11) is 0. The third kappa shape index (κ3) is 7.58. The van der Waals surface area contributed by atoms with Crippen LogP contribution >= 0.6 is 0 Å². The number of ether oxygens (including phenoxy) is 2. The van der Waals surface area contributed by atoms with Gasteiger partial charge in [0.05, 0.1) is 25.0 Å². The molecular formula is C24H37N5O5. The highest BCUT2D eigenvalue weighted by Crippen LogP contribution is 2.21. The number of pyridine rings is 1. The van der Waals surface area contributed by atoms with Crippen LogP contribution in [0.1, 0.15) is 40.5 Å². The maximum Gasteiger partial charge on any atom is 0.410 e. The van der Waals surface area contributed by atoms with Gasteiger partial charge in [-0.05, 0) is 65.8 Å². The standard InChI is InChI=1S/C24H37N5O5/c1-5-33-21(30)17-27-10-8-18(9-11-27)22(31)26-19-6-7-20(25-16-19)28-12-14-29(15-13-28)23(32)34-24(2,3)4/h6-7,16,18H,5,8-15,17H2,1-4H3,(H,26,31). The van der Waals surface area contributed by atoms with Crippen molar-refractivity contribution in [3.63, 3.8) is 0 Å². The lowest BCUT2D eigenvalue weighted by atomic mass is 9.96. The molecule has 2 saturated heterocycles. The zero-order chi connectivity index (χ0) is 24.7. The number of piperidine rings is 1. The lowest BCUT2D eigenvalue weighted by molar-refractivity contribution is -0.144. The first kappa shape index (κ1) is 25.7. The Bertz CT molecular complexity index is 838. The molecule has 10 heteroatoms. The highest BCUT2D eigenvalue weighted by molar-refractivity contribution is 5.92. The normalized spacial score (nSPS) is 17.9. The maximum absolute atomic E-state index is 12.7. The van der Waals surface area contributed by atoms with Crippen molar-refractivity contribution in [2.75, 3.05) is 62.6 Å². The van der Waals surface area contributed by atoms with Crippen molar-refractivity contribution in [1.29, 1.82) is 0 Å². The topological polar surface area (TPSA) is 104 Å². The molecule has 0 aliphatic carbocycles. The van der Waals surface area contributed by atoms with Crippen LogP contribution in [-0.2, 0) is 19.1 Å². The summed E-state index contributed by atoms with van der Waals surface area (Å²) in [5, 5.41) is 2.96. The number of carbonyl (C=O) groups excluding carboxylic acids is 3. The summed E-state index contributed by atoms with van der Waals surface area (Å²) in [6.45, 7) is 11.9. The van der Waals surface area contributed by atoms with E-state index in [1.54, 1.807) is 18.0 Å². The molecule has 0 atom stereocenters. The number of nitrogens with zero attached hydrogens (tertiary/aromatic N) is 4. The van der Waals surface area contributed by atoms with Crippen LogP contribution in [0.3, 0.4) is 0 Å². The quantitative estimate of drug-likeness (QED) is 0.626. The van der Waals surface area contributed by atoms with Gasteiger partial charge in [0.25, 0.3) is 0 Å². The number of likely N-dealkylation sites (tertiary alicyclic amines) is 1. The number of carbonyl (C=O) groups is 3. The molecule has 10 nitrogen and oxygen atoms in total. The van der Waals surface area contributed by atoms with Crippen LogP contribution in [0.2, 0.25) is 0 Å². The average Bonchev–Trinajstić information content (AvgIpc) is 2.79. The highest BCUT2D eigenvalue weighted by Gasteiger charge is 2.28. The van der Waals surface area contributed by atoms with Gasteiger partial charge in [0.2, 0.25) is 5.91 Å². The van der Waals surface area contributed by atoms with Crippen molar-refractivity contribution in [2.45, 2.75) is 46.1 Å². The van der Waals surface area contributed by atoms with Gasteiger partial charge in [0, 0.05) is 32.1 Å². The van der Waals surface area contributed by atoms with E-state index in [9.17, 15) is 14.4 Å². The Morgan fingerprint density at radius 3 is 2.29 bits per heavy atom. The van der Waals surface area contributed by atoms with Gasteiger partial charge in [-0.3, -0.25) is 14.5 Å². The molecule has 1 aromatic heterocycles. The number of hydrogen-bond acceptors (Lipinski definition) is 8. The summed E-state index contributed by atoms with van der Waals surface area (Å²) < 4.78 is 10.4. The second kappa shape index (κ2) is 11.5. The molecule has 0 saturated carbocycles. The van der Waals surface area contributed by atoms with Crippen molar-refractivity contribution in [1.82, 2.24) is 14.8 Å². The van der Waals surface area contributed by atoms with E-state index in [-0.39, 0.29) is 30.4 Å². The zero-order valence-electron chi connectivity index (χ0n) is 20.7. The Morgan fingerprint density at radius 1 is 1.06 bits per heavy atom. The first-order chi connectivity index (χ1) is 16.1. The van der Waals surface area contributed by atoms with Gasteiger partial charge >= 0.3 is 12.1 Å². The molecule has 0 bridgehead atoms. The number of rotatable bonds is 6. The van der Waals surface area contributed by atoms with Gasteiger partial charge in [0.15, 0.2) is 0 Å². The van der Waals surface area contributed by atoms with Crippen molar-refractivity contribution in [3.05, 3.63) is 18.3 Å². The molecule has 0 aromatic carbocycles. The predicted molar refractivity (Wildman–Crippen MR) is 129 cm³/mol. The largest absolute Gasteiger partial charge is 0.465 e. The van der Waals surface area contributed by atoms with Crippen LogP contribution in [0, 0.1) is 5.92 Å². The van der Waals surface area contributed by atoms with Crippen LogP contribution in [0.25, 0.3) is 0 Å². The minimum atomic E-state index is -0.504. The summed E-state index contributed by atoms with van der Waals surface area (Å²) in [4.78, 5) is 46.9. The van der Waals surface area contributed by atoms with E-state index in [0.717, 1.165) is 5.82 Å². The highest BCUT2D eigenvalue weighted by atomic mass is 16.6. The molecule has 0 radical (unpaired) electrons. The third-order valence-electron chi connectivity index (χ3n) is 5.89. The molecule has 1 N–H and O–H groups in total. The van der Waals surface area contributed by atoms with E-state index in [1.807, 2.05) is 37.8 Å². The van der Waals surface area contributed by atoms with E-state index < -0.39 is 5.60 Å². The Labute approximate surface area is 201 Å². The van der Waals surface area contributed by atoms with E-state index in [1.165, 1.54) is 0 Å². The molecule has 188 valence electrons. The number of esters is 1. The van der Waals surface area contributed by atoms with Gasteiger partial charge in [-0.25, -0.2) is 9.78 Å². The fourth-order valence-electron chi connectivity index (χ4n) is 4.08. The molecule has 1 aromatic rings. The fraction of sp³-hybridized carbons (Fsp3) is 0.667. The summed E-state index contributed by atoms with van der Waals surface area (Å²) in [5.74, 6) is 0.493. The minimum absolute atomic E-state index is 0.0173. The molecule has 2 aliphatic heterocycles. The smallest absolute Gasteiger partial charge is 0.410 e. The SMILES string of the molecule is CCOC(=O)CN1CCC(C(=O)Nc2ccc(N3CCN(C(=O)OC(C)(C)C)CC3)nc2)CC1. The van der Waals surface area contributed by atoms with E-state index in [0.29, 0.717) is 64.4 Å². The predicted octanol–water partition coefficient (Wildman–Crippen LogP) is 2.35. The molecule has 2 aliphatic rings. The molecule has 0 unspecified atom stereocenters. The average molecular weight is 476 g/mol. The minimum Gasteiger partial charge on any atom is -0.465 e. The lowest BCUT2D eigenvalue weighted by Gasteiger charge is -2.36. The van der Waals surface area contributed by atoms with Crippen LogP contribution in [0.5, 0.6) is 0 Å². The molecule has 3 heterocycles. The summed E-state index contributed by atoms with van der Waals surface area (Å²) >= 11 is 0. The molecule has 2 fully saturated rings. The van der Waals surface area contributed by atoms with Crippen LogP contribution < -0.4 is 10.2 Å². The number of amides is 2. The van der Waals surface area contributed by atoms with Gasteiger partial charge < -0.3 is 24.6 Å². The number of hydrogen-bond donors (Lipinski definition) is 1. The fourth-order valence-corrected chi connectivity index (χ4v) is 4.08. The number of nitrogens with one attached hydrogen (secondary N) is 1. The van der Waals surface area contributed by atoms with Crippen LogP contribution in [0.4, 0.5) is 16.3 Å². The Morgan fingerprint density at radius 2 is 1.74 bits per heavy atom. The second-order valence-corrected chi connectivity index (χ2v) is 9.70. The number of piperazine rings is 1. The summed E-state index contributed by atoms with van der Waals surface area (Å²) in [5.41, 5.74) is 0.158. The first-order valence-corrected chi connectivity index (χ1v) is 12.0. The van der Waals surface area contributed by atoms with Crippen molar-refractivity contribution < 1.29 is 23.9 Å². The van der Waals surface area contributed by atoms with Gasteiger partial charge in [-0.1, -0.05) is 0 Å². The van der Waals surface area contributed by atoms with E-state index >= 15 is 0 Å². The molecule has 3 rings (SSSR count). The third-order valence-corrected chi connectivity index (χ3v) is 5.89. The molecule has 34 heavy (non-hydrogen) atoms. The monoisotopic (exact) mass is 475 g/mol. The maximum atomic E-state index is 12.7. The molecular weight excluding hydrogens is 438 g/mol. The summed E-state index contributed by atoms with van der Waals surface area (Å²) in [6.07, 6.45) is 2.80. The van der Waals surface area contributed by atoms with Gasteiger partial charge in [0.1, 0.15) is 11.4 Å². The van der Waals surface area contributed by atoms with Crippen LogP contribution in [0.15, 0.2) is 18.3 Å². The van der Waals surface area contributed by atoms with Gasteiger partial charge in [-0.2, -0.15) is 0 Å². The molecule has 0 spiro atoms. The van der Waals surface area contributed by atoms with Crippen molar-refractivity contribution in [2.24, 2.45) is 5.92 Å². The first-order valence-electron chi connectivity index (χ1n) is 12.0. The number of anilines is 2. The van der Waals surface area contributed by atoms with Crippen LogP contribution in [-0.4, -0.2) is 90.8 Å². The zero-order valence-corrected chi connectivity index (χ0v) is 20.7. The van der Waals surface area contributed by atoms with Crippen molar-refractivity contribution >= 4 is 29.5 Å². The van der Waals surface area contributed by atoms with Crippen molar-refractivity contribution in [3.8, 4) is 0 Å². The Balaban J connectivity index is 1.42. The van der Waals surface area contributed by atoms with E-state index in [4.69, 9.17) is 9.47 Å². The lowest BCUT2D eigenvalue weighted by Crippen LogP contribution is -2.50. The second-order valence-electron chi connectivity index (χ2n) is 9.70. The van der Waals surface area contributed by atoms with Gasteiger partial charge in [-0.15, -0.1) is 0 Å². The summed E-state index contributed by atoms with van der Waals surface area (Å²) in [6, 6.07) is 3.75. The Kier molecular flexibility index (Phi) is 8.71. The number of aromatic nitrogens is 1.